The van der Waals surface area contributed by atoms with Gasteiger partial charge in [0.15, 0.2) is 0 Å². The highest BCUT2D eigenvalue weighted by Gasteiger charge is 2.24. The Morgan fingerprint density at radius 2 is 0.652 bits per heavy atom. The maximum absolute atomic E-state index is 4.02. The third-order valence-corrected chi connectivity index (χ3v) is 14.1. The van der Waals surface area contributed by atoms with E-state index in [4.69, 9.17) is 0 Å². The number of hydrogen-bond donors (Lipinski definition) is 2. The van der Waals surface area contributed by atoms with Gasteiger partial charge in [-0.1, -0.05) is 173 Å². The molecule has 0 aliphatic rings. The minimum atomic E-state index is -0.454. The fraction of sp³-hybridized carbons (Fsp3) is 0.286. The Labute approximate surface area is 280 Å². The van der Waals surface area contributed by atoms with E-state index in [1.54, 1.807) is 0 Å². The van der Waals surface area contributed by atoms with Gasteiger partial charge in [0.1, 0.15) is 0 Å². The van der Waals surface area contributed by atoms with E-state index >= 15 is 0 Å². The van der Waals surface area contributed by atoms with Gasteiger partial charge in [-0.25, -0.2) is 0 Å². The van der Waals surface area contributed by atoms with Crippen molar-refractivity contribution < 1.29 is 0 Å². The Hall–Kier alpha value is -3.12. The second-order valence-corrected chi connectivity index (χ2v) is 17.3. The fourth-order valence-corrected chi connectivity index (χ4v) is 11.4. The summed E-state index contributed by atoms with van der Waals surface area (Å²) in [4.78, 5) is 0. The molecule has 0 heterocycles. The van der Waals surface area contributed by atoms with E-state index in [2.05, 4.69) is 184 Å². The lowest BCUT2D eigenvalue weighted by atomic mass is 10.0. The molecule has 0 saturated carbocycles. The third kappa shape index (κ3) is 9.70. The van der Waals surface area contributed by atoms with E-state index in [1.807, 2.05) is 0 Å². The molecule has 0 radical (unpaired) electrons. The third-order valence-electron chi connectivity index (χ3n) is 8.87. The summed E-state index contributed by atoms with van der Waals surface area (Å²) in [6.45, 7) is 11.2. The highest BCUT2D eigenvalue weighted by atomic mass is 31.1. The molecule has 0 fully saturated rings. The molecular weight excluding hydrogens is 594 g/mol. The Kier molecular flexibility index (Phi) is 13.2. The molecule has 4 heteroatoms. The van der Waals surface area contributed by atoms with Crippen LogP contribution in [0.25, 0.3) is 0 Å². The molecule has 2 nitrogen and oxygen atoms in total. The van der Waals surface area contributed by atoms with Crippen LogP contribution in [0.1, 0.15) is 38.8 Å². The molecule has 2 atom stereocenters. The van der Waals surface area contributed by atoms with Crippen molar-refractivity contribution in [1.29, 1.82) is 0 Å². The first-order chi connectivity index (χ1) is 22.5. The predicted molar refractivity (Wildman–Crippen MR) is 205 cm³/mol. The van der Waals surface area contributed by atoms with Crippen molar-refractivity contribution in [1.82, 2.24) is 10.6 Å². The monoisotopic (exact) mass is 644 g/mol. The van der Waals surface area contributed by atoms with E-state index in [1.165, 1.54) is 32.3 Å². The second-order valence-electron chi connectivity index (χ2n) is 12.8. The zero-order valence-corrected chi connectivity index (χ0v) is 29.7. The first-order valence-electron chi connectivity index (χ1n) is 16.8. The zero-order valence-electron chi connectivity index (χ0n) is 27.9. The molecule has 0 spiro atoms. The van der Waals surface area contributed by atoms with Crippen LogP contribution in [0.5, 0.6) is 0 Å². The molecule has 0 unspecified atom stereocenters. The van der Waals surface area contributed by atoms with E-state index in [-0.39, 0.29) is 0 Å². The van der Waals surface area contributed by atoms with Crippen LogP contribution < -0.4 is 31.9 Å². The smallest absolute Gasteiger partial charge is 0.0211 e. The van der Waals surface area contributed by atoms with Gasteiger partial charge in [0, 0.05) is 25.2 Å². The fourth-order valence-electron chi connectivity index (χ4n) is 5.95. The summed E-state index contributed by atoms with van der Waals surface area (Å²) in [5.41, 5.74) is 2.78. The van der Waals surface area contributed by atoms with Gasteiger partial charge >= 0.3 is 0 Å². The van der Waals surface area contributed by atoms with Gasteiger partial charge in [-0.15, -0.1) is 0 Å². The van der Waals surface area contributed by atoms with Crippen LogP contribution in [0.2, 0.25) is 0 Å². The number of hydrogen-bond acceptors (Lipinski definition) is 2. The minimum Gasteiger partial charge on any atom is -0.309 e. The molecule has 0 aliphatic carbocycles. The molecule has 0 amide bonds. The predicted octanol–water partition coefficient (Wildman–Crippen LogP) is 8.18. The minimum absolute atomic E-state index is 0.413. The van der Waals surface area contributed by atoms with Gasteiger partial charge in [0.2, 0.25) is 0 Å². The molecule has 0 aliphatic heterocycles. The summed E-state index contributed by atoms with van der Waals surface area (Å²) >= 11 is 0. The topological polar surface area (TPSA) is 24.1 Å². The van der Waals surface area contributed by atoms with Crippen molar-refractivity contribution in [3.05, 3.63) is 157 Å². The normalized spacial score (nSPS) is 13.0. The SMILES string of the molecule is CC(C)[C@H](CP(c1ccccc1)c1ccccc1)NCc1ccccc1CN[C@@H](CP(c1ccccc1)c1ccccc1)C(C)C. The summed E-state index contributed by atoms with van der Waals surface area (Å²) < 4.78 is 0. The molecule has 0 aromatic heterocycles. The molecule has 5 rings (SSSR count). The van der Waals surface area contributed by atoms with Crippen LogP contribution in [0.3, 0.4) is 0 Å². The van der Waals surface area contributed by atoms with Gasteiger partial charge in [-0.05, 0) is 72.3 Å². The first-order valence-corrected chi connectivity index (χ1v) is 19.8. The van der Waals surface area contributed by atoms with Gasteiger partial charge in [-0.2, -0.15) is 0 Å². The Morgan fingerprint density at radius 3 is 0.913 bits per heavy atom. The number of benzene rings is 5. The summed E-state index contributed by atoms with van der Waals surface area (Å²) in [6.07, 6.45) is 2.25. The van der Waals surface area contributed by atoms with Crippen LogP contribution in [0.15, 0.2) is 146 Å². The van der Waals surface area contributed by atoms with E-state index in [0.717, 1.165) is 25.4 Å². The van der Waals surface area contributed by atoms with Gasteiger partial charge < -0.3 is 10.6 Å². The summed E-state index contributed by atoms with van der Waals surface area (Å²) in [5, 5.41) is 13.8. The molecule has 0 saturated heterocycles. The molecule has 5 aromatic carbocycles. The molecule has 2 N–H and O–H groups in total. The van der Waals surface area contributed by atoms with Crippen molar-refractivity contribution in [3.8, 4) is 0 Å². The first kappa shape index (κ1) is 34.2. The number of nitrogens with one attached hydrogen (secondary N) is 2. The van der Waals surface area contributed by atoms with Crippen LogP contribution in [0, 0.1) is 11.8 Å². The van der Waals surface area contributed by atoms with Crippen molar-refractivity contribution in [2.24, 2.45) is 11.8 Å². The average Bonchev–Trinajstić information content (AvgIpc) is 3.10. The Morgan fingerprint density at radius 1 is 0.391 bits per heavy atom. The maximum Gasteiger partial charge on any atom is 0.0211 e. The summed E-state index contributed by atoms with van der Waals surface area (Å²) in [6, 6.07) is 54.3. The van der Waals surface area contributed by atoms with Crippen molar-refractivity contribution in [3.63, 3.8) is 0 Å². The maximum atomic E-state index is 4.02. The highest BCUT2D eigenvalue weighted by molar-refractivity contribution is 7.73. The van der Waals surface area contributed by atoms with Crippen molar-refractivity contribution in [2.45, 2.75) is 52.9 Å². The van der Waals surface area contributed by atoms with Crippen LogP contribution in [-0.2, 0) is 13.1 Å². The van der Waals surface area contributed by atoms with E-state index < -0.39 is 15.8 Å². The Balaban J connectivity index is 1.28. The van der Waals surface area contributed by atoms with Gasteiger partial charge in [0.05, 0.1) is 0 Å². The van der Waals surface area contributed by atoms with E-state index in [9.17, 15) is 0 Å². The summed E-state index contributed by atoms with van der Waals surface area (Å²) in [7, 11) is -0.908. The van der Waals surface area contributed by atoms with Crippen molar-refractivity contribution >= 4 is 37.1 Å². The van der Waals surface area contributed by atoms with Gasteiger partial charge in [-0.3, -0.25) is 0 Å². The Bertz CT molecular complexity index is 1360. The largest absolute Gasteiger partial charge is 0.309 e. The van der Waals surface area contributed by atoms with Crippen LogP contribution in [0.4, 0.5) is 0 Å². The molecule has 0 bridgehead atoms. The van der Waals surface area contributed by atoms with Crippen LogP contribution in [-0.4, -0.2) is 24.4 Å². The second kappa shape index (κ2) is 17.7. The lowest BCUT2D eigenvalue weighted by Gasteiger charge is -2.30. The summed E-state index contributed by atoms with van der Waals surface area (Å²) in [5.74, 6) is 1.06. The number of rotatable bonds is 16. The quantitative estimate of drug-likeness (QED) is 0.106. The highest BCUT2D eigenvalue weighted by Crippen LogP contribution is 2.37. The molecular formula is C42H50N2P2. The van der Waals surface area contributed by atoms with Crippen molar-refractivity contribution in [2.75, 3.05) is 12.3 Å². The standard InChI is InChI=1S/C42H50N2P2/c1-33(2)41(31-45(37-21-9-5-10-22-37)38-23-11-6-12-24-38)43-29-35-19-17-18-20-36(35)30-44-42(34(3)4)32-46(39-25-13-7-14-26-39)40-27-15-8-16-28-40/h5-28,33-34,41-44H,29-32H2,1-4H3/t41-,42-/m0/s1. The molecule has 46 heavy (non-hydrogen) atoms. The molecule has 238 valence electrons. The lowest BCUT2D eigenvalue weighted by Crippen LogP contribution is -2.39. The zero-order chi connectivity index (χ0) is 32.1. The van der Waals surface area contributed by atoms with Gasteiger partial charge in [0.25, 0.3) is 0 Å². The molecule has 5 aromatic rings. The average molecular weight is 645 g/mol. The van der Waals surface area contributed by atoms with Crippen LogP contribution >= 0.6 is 15.8 Å². The lowest BCUT2D eigenvalue weighted by molar-refractivity contribution is 0.422. The van der Waals surface area contributed by atoms with E-state index in [0.29, 0.717) is 23.9 Å².